The van der Waals surface area contributed by atoms with E-state index in [4.69, 9.17) is 10.4 Å². The first-order chi connectivity index (χ1) is 7.81. The Morgan fingerprint density at radius 2 is 2.19 bits per heavy atom. The Bertz CT molecular complexity index is 357. The van der Waals surface area contributed by atoms with E-state index in [9.17, 15) is 0 Å². The molecule has 0 aromatic heterocycles. The molecular weight excluding hydrogens is 200 g/mol. The third kappa shape index (κ3) is 3.56. The van der Waals surface area contributed by atoms with Crippen LogP contribution in [-0.2, 0) is 6.42 Å². The predicted molar refractivity (Wildman–Crippen MR) is 65.3 cm³/mol. The van der Waals surface area contributed by atoms with Gasteiger partial charge in [0.1, 0.15) is 0 Å². The molecule has 86 valence electrons. The topological polar surface area (TPSA) is 47.3 Å². The van der Waals surface area contributed by atoms with Crippen molar-refractivity contribution in [3.05, 3.63) is 29.8 Å². The van der Waals surface area contributed by atoms with Crippen molar-refractivity contribution < 1.29 is 5.11 Å². The Morgan fingerprint density at radius 1 is 1.38 bits per heavy atom. The molecule has 0 aliphatic carbocycles. The maximum atomic E-state index is 9.00. The van der Waals surface area contributed by atoms with Crippen molar-refractivity contribution in [3.63, 3.8) is 0 Å². The number of benzene rings is 1. The Labute approximate surface area is 96.9 Å². The van der Waals surface area contributed by atoms with Gasteiger partial charge in [-0.25, -0.2) is 0 Å². The van der Waals surface area contributed by atoms with Gasteiger partial charge in [0, 0.05) is 18.8 Å². The van der Waals surface area contributed by atoms with E-state index in [-0.39, 0.29) is 6.61 Å². The molecule has 0 radical (unpaired) electrons. The highest BCUT2D eigenvalue weighted by Gasteiger charge is 2.05. The Hall–Kier alpha value is -1.53. The summed E-state index contributed by atoms with van der Waals surface area (Å²) in [5.41, 5.74) is 2.36. The van der Waals surface area contributed by atoms with Crippen molar-refractivity contribution >= 4 is 5.69 Å². The minimum atomic E-state index is 0.113. The van der Waals surface area contributed by atoms with E-state index in [2.05, 4.69) is 25.1 Å². The number of anilines is 1. The highest BCUT2D eigenvalue weighted by molar-refractivity contribution is 5.48. The number of aryl methyl sites for hydroxylation is 1. The van der Waals surface area contributed by atoms with Crippen molar-refractivity contribution in [1.82, 2.24) is 0 Å². The lowest BCUT2D eigenvalue weighted by Crippen LogP contribution is -2.27. The minimum absolute atomic E-state index is 0.113. The summed E-state index contributed by atoms with van der Waals surface area (Å²) in [7, 11) is 0. The second-order valence-corrected chi connectivity index (χ2v) is 3.64. The average Bonchev–Trinajstić information content (AvgIpc) is 2.34. The highest BCUT2D eigenvalue weighted by Crippen LogP contribution is 2.16. The quantitative estimate of drug-likeness (QED) is 0.794. The fourth-order valence-electron chi connectivity index (χ4n) is 1.65. The van der Waals surface area contributed by atoms with Crippen LogP contribution in [0.4, 0.5) is 5.69 Å². The van der Waals surface area contributed by atoms with Gasteiger partial charge < -0.3 is 10.0 Å². The first-order valence-corrected chi connectivity index (χ1v) is 5.63. The number of hydrogen-bond acceptors (Lipinski definition) is 3. The first-order valence-electron chi connectivity index (χ1n) is 5.63. The fourth-order valence-corrected chi connectivity index (χ4v) is 1.65. The zero-order valence-corrected chi connectivity index (χ0v) is 9.69. The molecule has 0 amide bonds. The van der Waals surface area contributed by atoms with Gasteiger partial charge in [0.05, 0.1) is 19.1 Å². The van der Waals surface area contributed by atoms with Crippen LogP contribution in [0.3, 0.4) is 0 Å². The molecular formula is C13H18N2O. The van der Waals surface area contributed by atoms with Crippen molar-refractivity contribution in [2.24, 2.45) is 0 Å². The summed E-state index contributed by atoms with van der Waals surface area (Å²) in [6.45, 7) is 3.48. The number of aliphatic hydroxyl groups excluding tert-OH is 1. The molecule has 0 saturated carbocycles. The third-order valence-electron chi connectivity index (χ3n) is 2.55. The number of aliphatic hydroxyl groups is 1. The van der Waals surface area contributed by atoms with E-state index in [0.717, 1.165) is 12.1 Å². The molecule has 16 heavy (non-hydrogen) atoms. The van der Waals surface area contributed by atoms with Crippen LogP contribution in [0.15, 0.2) is 24.3 Å². The van der Waals surface area contributed by atoms with E-state index in [1.165, 1.54) is 5.56 Å². The van der Waals surface area contributed by atoms with Gasteiger partial charge in [-0.1, -0.05) is 19.1 Å². The van der Waals surface area contributed by atoms with Gasteiger partial charge in [-0.05, 0) is 24.1 Å². The number of nitriles is 1. The largest absolute Gasteiger partial charge is 0.395 e. The van der Waals surface area contributed by atoms with Crippen molar-refractivity contribution in [2.75, 3.05) is 24.6 Å². The molecule has 3 heteroatoms. The molecule has 0 saturated heterocycles. The summed E-state index contributed by atoms with van der Waals surface area (Å²) >= 11 is 0. The lowest BCUT2D eigenvalue weighted by molar-refractivity contribution is 0.302. The molecule has 1 rings (SSSR count). The fraction of sp³-hybridized carbons (Fsp3) is 0.462. The molecule has 0 heterocycles. The van der Waals surface area contributed by atoms with Crippen LogP contribution >= 0.6 is 0 Å². The van der Waals surface area contributed by atoms with Crippen LogP contribution in [0.25, 0.3) is 0 Å². The van der Waals surface area contributed by atoms with Gasteiger partial charge in [0.15, 0.2) is 0 Å². The van der Waals surface area contributed by atoms with Gasteiger partial charge in [0.2, 0.25) is 0 Å². The molecule has 0 unspecified atom stereocenters. The van der Waals surface area contributed by atoms with Crippen LogP contribution in [0.1, 0.15) is 18.9 Å². The van der Waals surface area contributed by atoms with Crippen LogP contribution in [0, 0.1) is 11.3 Å². The zero-order chi connectivity index (χ0) is 11.8. The zero-order valence-electron chi connectivity index (χ0n) is 9.69. The summed E-state index contributed by atoms with van der Waals surface area (Å²) < 4.78 is 0. The second-order valence-electron chi connectivity index (χ2n) is 3.64. The highest BCUT2D eigenvalue weighted by atomic mass is 16.3. The van der Waals surface area contributed by atoms with E-state index in [1.54, 1.807) is 0 Å². The minimum Gasteiger partial charge on any atom is -0.395 e. The van der Waals surface area contributed by atoms with E-state index >= 15 is 0 Å². The van der Waals surface area contributed by atoms with E-state index in [1.807, 2.05) is 17.0 Å². The van der Waals surface area contributed by atoms with Crippen LogP contribution < -0.4 is 4.90 Å². The smallest absolute Gasteiger partial charge is 0.0640 e. The second kappa shape index (κ2) is 6.86. The standard InChI is InChI=1S/C13H18N2O/c1-2-12-5-3-6-13(11-12)15(9-10-16)8-4-7-14/h3,5-6,11,16H,2,4,8-10H2,1H3. The SMILES string of the molecule is CCc1cccc(N(CCO)CCC#N)c1. The summed E-state index contributed by atoms with van der Waals surface area (Å²) in [5.74, 6) is 0. The number of rotatable bonds is 6. The average molecular weight is 218 g/mol. The van der Waals surface area contributed by atoms with Crippen molar-refractivity contribution in [2.45, 2.75) is 19.8 Å². The Balaban J connectivity index is 2.78. The molecule has 0 atom stereocenters. The molecule has 0 fully saturated rings. The van der Waals surface area contributed by atoms with Crippen molar-refractivity contribution in [1.29, 1.82) is 5.26 Å². The van der Waals surface area contributed by atoms with Crippen LogP contribution in [0.5, 0.6) is 0 Å². The molecule has 3 nitrogen and oxygen atoms in total. The number of hydrogen-bond donors (Lipinski definition) is 1. The lowest BCUT2D eigenvalue weighted by atomic mass is 10.1. The van der Waals surface area contributed by atoms with Crippen molar-refractivity contribution in [3.8, 4) is 6.07 Å². The Morgan fingerprint density at radius 3 is 2.81 bits per heavy atom. The van der Waals surface area contributed by atoms with Crippen LogP contribution in [0.2, 0.25) is 0 Å². The predicted octanol–water partition coefficient (Wildman–Crippen LogP) is 1.96. The maximum Gasteiger partial charge on any atom is 0.0640 e. The third-order valence-corrected chi connectivity index (χ3v) is 2.55. The maximum absolute atomic E-state index is 9.00. The molecule has 0 aliphatic heterocycles. The summed E-state index contributed by atoms with van der Waals surface area (Å²) in [5, 5.41) is 17.6. The molecule has 1 aromatic rings. The van der Waals surface area contributed by atoms with E-state index in [0.29, 0.717) is 19.5 Å². The number of nitrogens with zero attached hydrogens (tertiary/aromatic N) is 2. The summed E-state index contributed by atoms with van der Waals surface area (Å²) in [6.07, 6.45) is 1.48. The lowest BCUT2D eigenvalue weighted by Gasteiger charge is -2.23. The first kappa shape index (κ1) is 12.5. The summed E-state index contributed by atoms with van der Waals surface area (Å²) in [6, 6.07) is 10.4. The van der Waals surface area contributed by atoms with Gasteiger partial charge >= 0.3 is 0 Å². The van der Waals surface area contributed by atoms with Crippen LogP contribution in [-0.4, -0.2) is 24.8 Å². The summed E-state index contributed by atoms with van der Waals surface area (Å²) in [4.78, 5) is 2.04. The Kier molecular flexibility index (Phi) is 5.38. The van der Waals surface area contributed by atoms with Gasteiger partial charge in [-0.15, -0.1) is 0 Å². The molecule has 0 aliphatic rings. The van der Waals surface area contributed by atoms with Gasteiger partial charge in [0.25, 0.3) is 0 Å². The molecule has 0 spiro atoms. The molecule has 1 aromatic carbocycles. The monoisotopic (exact) mass is 218 g/mol. The van der Waals surface area contributed by atoms with Gasteiger partial charge in [-0.3, -0.25) is 0 Å². The normalized spacial score (nSPS) is 9.81. The molecule has 0 bridgehead atoms. The van der Waals surface area contributed by atoms with E-state index < -0.39 is 0 Å². The van der Waals surface area contributed by atoms with Gasteiger partial charge in [-0.2, -0.15) is 5.26 Å². The molecule has 1 N–H and O–H groups in total.